The van der Waals surface area contributed by atoms with E-state index in [1.54, 1.807) is 0 Å². The van der Waals surface area contributed by atoms with E-state index >= 15 is 0 Å². The van der Waals surface area contributed by atoms with Crippen LogP contribution in [0.25, 0.3) is 44.1 Å². The van der Waals surface area contributed by atoms with Crippen molar-refractivity contribution in [2.75, 3.05) is 0 Å². The average Bonchev–Trinajstić information content (AvgIpc) is 3.37. The quantitative estimate of drug-likeness (QED) is 0.198. The minimum Gasteiger partial charge on any atom is -0.250 e. The highest BCUT2D eigenvalue weighted by atomic mass is 14.8. The minimum atomic E-state index is 0.426. The zero-order chi connectivity index (χ0) is 30.9. The summed E-state index contributed by atoms with van der Waals surface area (Å²) >= 11 is 0. The van der Waals surface area contributed by atoms with Gasteiger partial charge < -0.3 is 0 Å². The van der Waals surface area contributed by atoms with E-state index in [4.69, 9.17) is 9.97 Å². The molecule has 2 aliphatic rings. The molecule has 2 aromatic heterocycles. The molecule has 5 aromatic rings. The van der Waals surface area contributed by atoms with Crippen molar-refractivity contribution in [1.82, 2.24) is 9.97 Å². The van der Waals surface area contributed by atoms with Gasteiger partial charge in [0.05, 0.1) is 11.0 Å². The van der Waals surface area contributed by atoms with E-state index in [0.717, 1.165) is 11.0 Å². The number of nitrogens with zero attached hydrogens (tertiary/aromatic N) is 2. The van der Waals surface area contributed by atoms with Gasteiger partial charge in [-0.25, -0.2) is 0 Å². The molecule has 0 amide bonds. The zero-order valence-corrected chi connectivity index (χ0v) is 27.8. The molecule has 2 aliphatic carbocycles. The Morgan fingerprint density at radius 3 is 1.02 bits per heavy atom. The van der Waals surface area contributed by atoms with Crippen LogP contribution in [0.5, 0.6) is 0 Å². The predicted octanol–water partition coefficient (Wildman–Crippen LogP) is 11.4. The number of fused-ring (bicyclic) bond motifs is 3. The second-order valence-electron chi connectivity index (χ2n) is 14.7. The summed E-state index contributed by atoms with van der Waals surface area (Å²) in [5.74, 6) is 5.85. The third-order valence-electron chi connectivity index (χ3n) is 12.9. The molecule has 2 fully saturated rings. The summed E-state index contributed by atoms with van der Waals surface area (Å²) in [5.41, 5.74) is 9.64. The van der Waals surface area contributed by atoms with E-state index in [-0.39, 0.29) is 0 Å². The first-order valence-electron chi connectivity index (χ1n) is 17.1. The fourth-order valence-corrected chi connectivity index (χ4v) is 9.33. The Morgan fingerprint density at radius 1 is 0.386 bits per heavy atom. The lowest BCUT2D eigenvalue weighted by atomic mass is 9.83. The summed E-state index contributed by atoms with van der Waals surface area (Å²) < 4.78 is 0. The van der Waals surface area contributed by atoms with Gasteiger partial charge in [-0.15, -0.1) is 0 Å². The van der Waals surface area contributed by atoms with Crippen LogP contribution in [0.15, 0.2) is 84.9 Å². The van der Waals surface area contributed by atoms with Gasteiger partial charge in [0.1, 0.15) is 0 Å². The SMILES string of the molecule is CC1C(C)C(C)C(c2cc(-c3ccccc3)c3ccc4c(-c5ccccc5)cc(C5C(C)C(C)C(C)C5C)nc4c3n2)C1C. The Hall–Kier alpha value is -3.52. The van der Waals surface area contributed by atoms with E-state index in [0.29, 0.717) is 59.2 Å². The Balaban J connectivity index is 1.56. The highest BCUT2D eigenvalue weighted by molar-refractivity contribution is 6.12. The molecule has 2 heterocycles. The van der Waals surface area contributed by atoms with E-state index in [1.807, 2.05) is 0 Å². The Labute approximate surface area is 264 Å². The highest BCUT2D eigenvalue weighted by Crippen LogP contribution is 2.53. The standard InChI is InChI=1S/C42H48N2/c1-23-24(2)28(6)39(27(23)5)37-21-35(31-15-11-9-12-16-31)33-19-20-34-36(32-17-13-10-14-18-32)22-38(44-42(34)41(33)43-37)40-29(7)25(3)26(4)30(40)8/h9-30,39-40H,1-8H3. The Bertz CT molecular complexity index is 1650. The predicted molar refractivity (Wildman–Crippen MR) is 187 cm³/mol. The molecule has 0 spiro atoms. The maximum absolute atomic E-state index is 5.65. The molecule has 0 radical (unpaired) electrons. The molecule has 2 saturated carbocycles. The molecule has 0 saturated heterocycles. The van der Waals surface area contributed by atoms with E-state index in [2.05, 4.69) is 140 Å². The van der Waals surface area contributed by atoms with Gasteiger partial charge >= 0.3 is 0 Å². The van der Waals surface area contributed by atoms with Gasteiger partial charge in [0.2, 0.25) is 0 Å². The van der Waals surface area contributed by atoms with Crippen molar-refractivity contribution in [3.8, 4) is 22.3 Å². The minimum absolute atomic E-state index is 0.426. The second kappa shape index (κ2) is 11.1. The first-order valence-corrected chi connectivity index (χ1v) is 17.1. The van der Waals surface area contributed by atoms with Crippen LogP contribution < -0.4 is 0 Å². The first-order chi connectivity index (χ1) is 21.2. The van der Waals surface area contributed by atoms with Crippen LogP contribution in [0.2, 0.25) is 0 Å². The number of rotatable bonds is 4. The molecule has 0 N–H and O–H groups in total. The largest absolute Gasteiger partial charge is 0.250 e. The Morgan fingerprint density at radius 2 is 0.705 bits per heavy atom. The van der Waals surface area contributed by atoms with Gasteiger partial charge in [-0.1, -0.05) is 128 Å². The summed E-state index contributed by atoms with van der Waals surface area (Å²) in [6, 6.07) is 31.3. The maximum atomic E-state index is 5.65. The van der Waals surface area contributed by atoms with Crippen LogP contribution in [0.1, 0.15) is 78.6 Å². The maximum Gasteiger partial charge on any atom is 0.0974 e. The van der Waals surface area contributed by atoms with Crippen LogP contribution >= 0.6 is 0 Å². The lowest BCUT2D eigenvalue weighted by molar-refractivity contribution is 0.352. The van der Waals surface area contributed by atoms with Crippen LogP contribution in [0.4, 0.5) is 0 Å². The summed E-state index contributed by atoms with van der Waals surface area (Å²) in [6.45, 7) is 19.5. The second-order valence-corrected chi connectivity index (χ2v) is 14.7. The average molecular weight is 581 g/mol. The monoisotopic (exact) mass is 580 g/mol. The molecule has 3 aromatic carbocycles. The fraction of sp³-hybridized carbons (Fsp3) is 0.429. The van der Waals surface area contributed by atoms with Crippen molar-refractivity contribution >= 4 is 21.8 Å². The molecule has 0 aliphatic heterocycles. The van der Waals surface area contributed by atoms with Gasteiger partial charge in [0.15, 0.2) is 0 Å². The number of hydrogen-bond acceptors (Lipinski definition) is 2. The smallest absolute Gasteiger partial charge is 0.0974 e. The van der Waals surface area contributed by atoms with Crippen molar-refractivity contribution in [3.05, 3.63) is 96.3 Å². The zero-order valence-electron chi connectivity index (χ0n) is 27.8. The summed E-state index contributed by atoms with van der Waals surface area (Å²) in [4.78, 5) is 11.3. The molecule has 2 nitrogen and oxygen atoms in total. The van der Waals surface area contributed by atoms with Gasteiger partial charge in [-0.05, 0) is 81.7 Å². The fourth-order valence-electron chi connectivity index (χ4n) is 9.33. The van der Waals surface area contributed by atoms with Gasteiger partial charge in [-0.3, -0.25) is 9.97 Å². The van der Waals surface area contributed by atoms with Crippen LogP contribution in [0.3, 0.4) is 0 Å². The Kier molecular flexibility index (Phi) is 7.39. The van der Waals surface area contributed by atoms with Crippen LogP contribution in [-0.2, 0) is 0 Å². The molecule has 8 unspecified atom stereocenters. The summed E-state index contributed by atoms with van der Waals surface area (Å²) in [7, 11) is 0. The van der Waals surface area contributed by atoms with Crippen LogP contribution in [0, 0.1) is 47.3 Å². The number of pyridine rings is 2. The third-order valence-corrected chi connectivity index (χ3v) is 12.9. The van der Waals surface area contributed by atoms with E-state index in [9.17, 15) is 0 Å². The molecule has 7 rings (SSSR count). The molecule has 8 atom stereocenters. The summed E-state index contributed by atoms with van der Waals surface area (Å²) in [5, 5.41) is 2.40. The topological polar surface area (TPSA) is 25.8 Å². The lowest BCUT2D eigenvalue weighted by Gasteiger charge is -2.24. The first kappa shape index (κ1) is 29.2. The van der Waals surface area contributed by atoms with E-state index < -0.39 is 0 Å². The normalized spacial score (nSPS) is 32.1. The van der Waals surface area contributed by atoms with Gasteiger partial charge in [0.25, 0.3) is 0 Å². The van der Waals surface area contributed by atoms with Crippen LogP contribution in [-0.4, -0.2) is 9.97 Å². The lowest BCUT2D eigenvalue weighted by Crippen LogP contribution is -2.14. The van der Waals surface area contributed by atoms with Crippen molar-refractivity contribution in [2.24, 2.45) is 47.3 Å². The highest BCUT2D eigenvalue weighted by Gasteiger charge is 2.44. The van der Waals surface area contributed by atoms with Crippen molar-refractivity contribution < 1.29 is 0 Å². The molecule has 226 valence electrons. The number of aromatic nitrogens is 2. The van der Waals surface area contributed by atoms with Crippen molar-refractivity contribution in [1.29, 1.82) is 0 Å². The molecule has 0 bridgehead atoms. The van der Waals surface area contributed by atoms with Gasteiger partial charge in [0, 0.05) is 34.0 Å². The van der Waals surface area contributed by atoms with Crippen molar-refractivity contribution in [3.63, 3.8) is 0 Å². The van der Waals surface area contributed by atoms with Gasteiger partial charge in [-0.2, -0.15) is 0 Å². The number of benzene rings is 3. The van der Waals surface area contributed by atoms with Crippen molar-refractivity contribution in [2.45, 2.75) is 67.2 Å². The van der Waals surface area contributed by atoms with E-state index in [1.165, 1.54) is 44.4 Å². The summed E-state index contributed by atoms with van der Waals surface area (Å²) in [6.07, 6.45) is 0. The number of hydrogen-bond donors (Lipinski definition) is 0. The molecule has 2 heteroatoms. The third kappa shape index (κ3) is 4.51. The molecular formula is C42H48N2. The molecular weight excluding hydrogens is 532 g/mol. The molecule has 44 heavy (non-hydrogen) atoms.